The van der Waals surface area contributed by atoms with Gasteiger partial charge in [-0.25, -0.2) is 0 Å². The maximum absolute atomic E-state index is 12.4. The van der Waals surface area contributed by atoms with Crippen LogP contribution in [0.3, 0.4) is 0 Å². The van der Waals surface area contributed by atoms with Gasteiger partial charge in [0.1, 0.15) is 5.75 Å². The lowest BCUT2D eigenvalue weighted by Gasteiger charge is -2.59. The van der Waals surface area contributed by atoms with E-state index in [1.165, 1.54) is 38.5 Å². The molecule has 0 aromatic heterocycles. The Morgan fingerprint density at radius 1 is 1.20 bits per heavy atom. The molecule has 1 atom stereocenters. The zero-order valence-corrected chi connectivity index (χ0v) is 15.7. The van der Waals surface area contributed by atoms with Crippen molar-refractivity contribution in [2.75, 3.05) is 6.61 Å². The molecule has 0 spiro atoms. The van der Waals surface area contributed by atoms with Crippen LogP contribution in [-0.4, -0.2) is 18.6 Å². The summed E-state index contributed by atoms with van der Waals surface area (Å²) in [6.07, 6.45) is 8.63. The maximum Gasteiger partial charge on any atom is 0.223 e. The third kappa shape index (κ3) is 3.53. The molecule has 1 aromatic rings. The zero-order valence-electron chi connectivity index (χ0n) is 15.0. The Hall–Kier alpha value is -1.22. The third-order valence-corrected chi connectivity index (χ3v) is 7.12. The van der Waals surface area contributed by atoms with E-state index in [1.54, 1.807) is 6.07 Å². The largest absolute Gasteiger partial charge is 0.491 e. The Morgan fingerprint density at radius 3 is 2.40 bits per heavy atom. The highest BCUT2D eigenvalue weighted by molar-refractivity contribution is 6.32. The van der Waals surface area contributed by atoms with E-state index in [0.717, 1.165) is 17.8 Å². The molecule has 0 saturated heterocycles. The fourth-order valence-electron chi connectivity index (χ4n) is 5.99. The molecule has 4 aliphatic rings. The second kappa shape index (κ2) is 6.83. The zero-order chi connectivity index (χ0) is 17.4. The number of ether oxygens (including phenoxy) is 1. The molecular formula is C21H28ClNO2. The molecule has 4 fully saturated rings. The molecule has 0 aliphatic heterocycles. The van der Waals surface area contributed by atoms with Gasteiger partial charge < -0.3 is 10.1 Å². The molecule has 4 aliphatic carbocycles. The van der Waals surface area contributed by atoms with E-state index in [1.807, 2.05) is 18.2 Å². The van der Waals surface area contributed by atoms with Gasteiger partial charge in [0.2, 0.25) is 5.91 Å². The molecule has 1 N–H and O–H groups in total. The molecule has 136 valence electrons. The van der Waals surface area contributed by atoms with Crippen LogP contribution in [0.2, 0.25) is 5.02 Å². The molecule has 1 unspecified atom stereocenters. The highest BCUT2D eigenvalue weighted by Crippen LogP contribution is 2.61. The Labute approximate surface area is 155 Å². The van der Waals surface area contributed by atoms with Crippen LogP contribution in [-0.2, 0) is 4.79 Å². The lowest BCUT2D eigenvalue weighted by atomic mass is 9.48. The first-order valence-electron chi connectivity index (χ1n) is 9.71. The lowest BCUT2D eigenvalue weighted by Crippen LogP contribution is -2.55. The van der Waals surface area contributed by atoms with Crippen molar-refractivity contribution in [1.82, 2.24) is 5.32 Å². The van der Waals surface area contributed by atoms with Crippen LogP contribution in [0, 0.1) is 23.2 Å². The summed E-state index contributed by atoms with van der Waals surface area (Å²) in [5.74, 6) is 3.47. The van der Waals surface area contributed by atoms with Gasteiger partial charge in [0, 0.05) is 6.04 Å². The van der Waals surface area contributed by atoms with Crippen LogP contribution < -0.4 is 10.1 Å². The van der Waals surface area contributed by atoms with Gasteiger partial charge in [0.05, 0.1) is 18.1 Å². The van der Waals surface area contributed by atoms with Gasteiger partial charge in [-0.3, -0.25) is 4.79 Å². The van der Waals surface area contributed by atoms with Crippen LogP contribution in [0.15, 0.2) is 24.3 Å². The van der Waals surface area contributed by atoms with Gasteiger partial charge in [-0.2, -0.15) is 0 Å². The van der Waals surface area contributed by atoms with Crippen LogP contribution in [0.5, 0.6) is 5.75 Å². The van der Waals surface area contributed by atoms with Crippen molar-refractivity contribution in [2.24, 2.45) is 23.2 Å². The van der Waals surface area contributed by atoms with Crippen LogP contribution in [0.4, 0.5) is 0 Å². The molecule has 4 heteroatoms. The summed E-state index contributed by atoms with van der Waals surface area (Å²) < 4.78 is 5.65. The summed E-state index contributed by atoms with van der Waals surface area (Å²) in [6.45, 7) is 2.59. The Balaban J connectivity index is 1.28. The summed E-state index contributed by atoms with van der Waals surface area (Å²) >= 11 is 6.07. The number of carbonyl (C=O) groups is 1. The first-order valence-corrected chi connectivity index (χ1v) is 10.1. The minimum atomic E-state index is 0.0929. The predicted molar refractivity (Wildman–Crippen MR) is 99.8 cm³/mol. The molecule has 5 rings (SSSR count). The fraction of sp³-hybridized carbons (Fsp3) is 0.667. The quantitative estimate of drug-likeness (QED) is 0.788. The molecule has 1 amide bonds. The van der Waals surface area contributed by atoms with Crippen molar-refractivity contribution in [3.63, 3.8) is 0 Å². The molecule has 0 heterocycles. The SMILES string of the molecule is CC(NC(=O)CCOc1ccccc1Cl)C12CC3CC(CC(C3)C1)C2. The summed E-state index contributed by atoms with van der Waals surface area (Å²) in [7, 11) is 0. The van der Waals surface area contributed by atoms with E-state index < -0.39 is 0 Å². The van der Waals surface area contributed by atoms with E-state index in [2.05, 4.69) is 12.2 Å². The molecular weight excluding hydrogens is 334 g/mol. The Morgan fingerprint density at radius 2 is 1.80 bits per heavy atom. The highest BCUT2D eigenvalue weighted by atomic mass is 35.5. The van der Waals surface area contributed by atoms with E-state index in [4.69, 9.17) is 16.3 Å². The van der Waals surface area contributed by atoms with E-state index >= 15 is 0 Å². The van der Waals surface area contributed by atoms with Crippen molar-refractivity contribution in [1.29, 1.82) is 0 Å². The number of para-hydroxylation sites is 1. The first kappa shape index (κ1) is 17.2. The molecule has 1 aromatic carbocycles. The number of nitrogens with one attached hydrogen (secondary N) is 1. The van der Waals surface area contributed by atoms with Crippen LogP contribution >= 0.6 is 11.6 Å². The smallest absolute Gasteiger partial charge is 0.223 e. The van der Waals surface area contributed by atoms with E-state index in [9.17, 15) is 4.79 Å². The number of hydrogen-bond donors (Lipinski definition) is 1. The molecule has 4 bridgehead atoms. The minimum Gasteiger partial charge on any atom is -0.491 e. The second-order valence-corrected chi connectivity index (χ2v) is 9.01. The number of hydrogen-bond acceptors (Lipinski definition) is 2. The van der Waals surface area contributed by atoms with Gasteiger partial charge in [0.25, 0.3) is 0 Å². The predicted octanol–water partition coefficient (Wildman–Crippen LogP) is 4.83. The molecule has 25 heavy (non-hydrogen) atoms. The minimum absolute atomic E-state index is 0.0929. The average Bonchev–Trinajstić information content (AvgIpc) is 2.55. The van der Waals surface area contributed by atoms with Gasteiger partial charge >= 0.3 is 0 Å². The molecule has 3 nitrogen and oxygen atoms in total. The van der Waals surface area contributed by atoms with Gasteiger partial charge in [-0.05, 0) is 80.8 Å². The standard InChI is InChI=1S/C21H28ClNO2/c1-14(21-11-15-8-16(12-21)10-17(9-15)13-21)23-20(24)6-7-25-19-5-3-2-4-18(19)22/h2-5,14-17H,6-13H2,1H3,(H,23,24). The first-order chi connectivity index (χ1) is 12.0. The number of halogens is 1. The van der Waals surface area contributed by atoms with Crippen molar-refractivity contribution in [3.05, 3.63) is 29.3 Å². The average molecular weight is 362 g/mol. The van der Waals surface area contributed by atoms with E-state index in [0.29, 0.717) is 29.2 Å². The summed E-state index contributed by atoms with van der Waals surface area (Å²) in [6, 6.07) is 7.66. The van der Waals surface area contributed by atoms with Gasteiger partial charge in [-0.1, -0.05) is 23.7 Å². The van der Waals surface area contributed by atoms with Gasteiger partial charge in [0.15, 0.2) is 0 Å². The van der Waals surface area contributed by atoms with E-state index in [-0.39, 0.29) is 11.9 Å². The van der Waals surface area contributed by atoms with Crippen molar-refractivity contribution >= 4 is 17.5 Å². The maximum atomic E-state index is 12.4. The van der Waals surface area contributed by atoms with Crippen molar-refractivity contribution in [2.45, 2.75) is 57.9 Å². The topological polar surface area (TPSA) is 38.3 Å². The number of benzene rings is 1. The third-order valence-electron chi connectivity index (χ3n) is 6.80. The number of carbonyl (C=O) groups excluding carboxylic acids is 1. The van der Waals surface area contributed by atoms with Crippen molar-refractivity contribution < 1.29 is 9.53 Å². The molecule has 0 radical (unpaired) electrons. The summed E-state index contributed by atoms with van der Waals surface area (Å²) in [4.78, 5) is 12.4. The Bertz CT molecular complexity index is 609. The summed E-state index contributed by atoms with van der Waals surface area (Å²) in [5, 5.41) is 3.87. The van der Waals surface area contributed by atoms with Crippen LogP contribution in [0.1, 0.15) is 51.9 Å². The Kier molecular flexibility index (Phi) is 4.70. The molecule has 4 saturated carbocycles. The fourth-order valence-corrected chi connectivity index (χ4v) is 6.18. The van der Waals surface area contributed by atoms with Crippen LogP contribution in [0.25, 0.3) is 0 Å². The summed E-state index contributed by atoms with van der Waals surface area (Å²) in [5.41, 5.74) is 0.355. The monoisotopic (exact) mass is 361 g/mol. The lowest BCUT2D eigenvalue weighted by molar-refractivity contribution is -0.126. The highest BCUT2D eigenvalue weighted by Gasteiger charge is 2.53. The van der Waals surface area contributed by atoms with Crippen molar-refractivity contribution in [3.8, 4) is 5.75 Å². The van der Waals surface area contributed by atoms with Gasteiger partial charge in [-0.15, -0.1) is 0 Å². The normalized spacial score (nSPS) is 33.9. The number of amides is 1. The number of rotatable bonds is 6. The second-order valence-electron chi connectivity index (χ2n) is 8.60.